The first-order valence-electron chi connectivity index (χ1n) is 8.07. The smallest absolute Gasteiger partial charge is 0.255 e. The third kappa shape index (κ3) is 5.26. The fraction of sp³-hybridized carbons (Fsp3) is 0.588. The first-order valence-corrected chi connectivity index (χ1v) is 8.44. The van der Waals surface area contributed by atoms with Crippen LogP contribution in [0.25, 0.3) is 0 Å². The van der Waals surface area contributed by atoms with Crippen LogP contribution in [0.4, 0.5) is 0 Å². The van der Waals surface area contributed by atoms with Crippen molar-refractivity contribution in [2.24, 2.45) is 11.7 Å². The molecule has 0 radical (unpaired) electrons. The third-order valence-electron chi connectivity index (χ3n) is 4.16. The van der Waals surface area contributed by atoms with Gasteiger partial charge in [0, 0.05) is 19.1 Å². The average molecular weight is 356 g/mol. The SMILES string of the molecule is COc1cc(CNCC(C2CC2)N(C)C)cc(Cl)c1OCC(N)=O. The van der Waals surface area contributed by atoms with Crippen molar-refractivity contribution in [1.82, 2.24) is 10.2 Å². The molecule has 6 nitrogen and oxygen atoms in total. The van der Waals surface area contributed by atoms with Crippen LogP contribution in [0.2, 0.25) is 5.02 Å². The molecule has 0 aliphatic heterocycles. The number of nitrogens with zero attached hydrogens (tertiary/aromatic N) is 1. The normalized spacial score (nSPS) is 15.4. The van der Waals surface area contributed by atoms with Gasteiger partial charge in [0.2, 0.25) is 0 Å². The van der Waals surface area contributed by atoms with Crippen LogP contribution < -0.4 is 20.5 Å². The van der Waals surface area contributed by atoms with Crippen LogP contribution in [0.1, 0.15) is 18.4 Å². The van der Waals surface area contributed by atoms with Crippen LogP contribution in [-0.4, -0.2) is 51.2 Å². The van der Waals surface area contributed by atoms with Gasteiger partial charge in [0.05, 0.1) is 12.1 Å². The Balaban J connectivity index is 1.97. The maximum Gasteiger partial charge on any atom is 0.255 e. The zero-order valence-electron chi connectivity index (χ0n) is 14.5. The number of nitrogens with two attached hydrogens (primary N) is 1. The lowest BCUT2D eigenvalue weighted by Crippen LogP contribution is -2.39. The number of benzene rings is 1. The van der Waals surface area contributed by atoms with Crippen molar-refractivity contribution in [1.29, 1.82) is 0 Å². The zero-order chi connectivity index (χ0) is 17.7. The van der Waals surface area contributed by atoms with Gasteiger partial charge in [-0.1, -0.05) is 11.6 Å². The van der Waals surface area contributed by atoms with E-state index in [0.29, 0.717) is 29.1 Å². The van der Waals surface area contributed by atoms with Gasteiger partial charge in [-0.05, 0) is 50.6 Å². The molecule has 1 saturated carbocycles. The van der Waals surface area contributed by atoms with Crippen LogP contribution in [0.5, 0.6) is 11.5 Å². The van der Waals surface area contributed by atoms with E-state index in [1.807, 2.05) is 12.1 Å². The summed E-state index contributed by atoms with van der Waals surface area (Å²) in [6, 6.07) is 4.23. The first kappa shape index (κ1) is 18.8. The topological polar surface area (TPSA) is 76.8 Å². The minimum Gasteiger partial charge on any atom is -0.493 e. The molecule has 1 atom stereocenters. The van der Waals surface area contributed by atoms with E-state index in [1.165, 1.54) is 20.0 Å². The first-order chi connectivity index (χ1) is 11.4. The molecule has 0 aromatic heterocycles. The lowest BCUT2D eigenvalue weighted by molar-refractivity contribution is -0.119. The van der Waals surface area contributed by atoms with E-state index in [1.54, 1.807) is 0 Å². The molecular formula is C17H26ClN3O3. The molecule has 7 heteroatoms. The number of methoxy groups -OCH3 is 1. The fourth-order valence-electron chi connectivity index (χ4n) is 2.77. The predicted molar refractivity (Wildman–Crippen MR) is 94.6 cm³/mol. The molecule has 134 valence electrons. The number of primary amides is 1. The summed E-state index contributed by atoms with van der Waals surface area (Å²) in [5.41, 5.74) is 6.09. The molecule has 1 amide bonds. The molecule has 0 heterocycles. The van der Waals surface area contributed by atoms with Crippen molar-refractivity contribution in [3.05, 3.63) is 22.7 Å². The highest BCUT2D eigenvalue weighted by Crippen LogP contribution is 2.37. The van der Waals surface area contributed by atoms with Crippen molar-refractivity contribution in [3.8, 4) is 11.5 Å². The van der Waals surface area contributed by atoms with E-state index in [4.69, 9.17) is 26.8 Å². The van der Waals surface area contributed by atoms with Crippen molar-refractivity contribution in [2.45, 2.75) is 25.4 Å². The summed E-state index contributed by atoms with van der Waals surface area (Å²) in [5.74, 6) is 1.07. The predicted octanol–water partition coefficient (Wildman–Crippen LogP) is 1.64. The number of rotatable bonds is 10. The molecule has 3 N–H and O–H groups in total. The van der Waals surface area contributed by atoms with Gasteiger partial charge in [-0.3, -0.25) is 4.79 Å². The average Bonchev–Trinajstić information content (AvgIpc) is 3.34. The number of carbonyl (C=O) groups excluding carboxylic acids is 1. The summed E-state index contributed by atoms with van der Waals surface area (Å²) >= 11 is 6.26. The van der Waals surface area contributed by atoms with E-state index in [-0.39, 0.29) is 6.61 Å². The second-order valence-electron chi connectivity index (χ2n) is 6.36. The molecular weight excluding hydrogens is 330 g/mol. The quantitative estimate of drug-likeness (QED) is 0.667. The zero-order valence-corrected chi connectivity index (χ0v) is 15.2. The molecule has 24 heavy (non-hydrogen) atoms. The van der Waals surface area contributed by atoms with E-state index < -0.39 is 5.91 Å². The van der Waals surface area contributed by atoms with Gasteiger partial charge in [0.15, 0.2) is 18.1 Å². The minimum atomic E-state index is -0.561. The summed E-state index contributed by atoms with van der Waals surface area (Å²) in [5, 5.41) is 3.88. The molecule has 1 fully saturated rings. The van der Waals surface area contributed by atoms with E-state index in [9.17, 15) is 4.79 Å². The number of nitrogens with one attached hydrogen (secondary N) is 1. The largest absolute Gasteiger partial charge is 0.493 e. The Morgan fingerprint density at radius 3 is 2.71 bits per heavy atom. The van der Waals surface area contributed by atoms with Crippen LogP contribution in [-0.2, 0) is 11.3 Å². The van der Waals surface area contributed by atoms with Gasteiger partial charge in [-0.25, -0.2) is 0 Å². The number of amides is 1. The minimum absolute atomic E-state index is 0.237. The van der Waals surface area contributed by atoms with E-state index >= 15 is 0 Å². The van der Waals surface area contributed by atoms with E-state index in [2.05, 4.69) is 24.3 Å². The number of halogens is 1. The van der Waals surface area contributed by atoms with Crippen molar-refractivity contribution < 1.29 is 14.3 Å². The van der Waals surface area contributed by atoms with Crippen LogP contribution in [0.15, 0.2) is 12.1 Å². The standard InChI is InChI=1S/C17H26ClN3O3/c1-21(2)14(12-4-5-12)9-20-8-11-6-13(18)17(15(7-11)23-3)24-10-16(19)22/h6-7,12,14,20H,4-5,8-10H2,1-3H3,(H2,19,22). The number of hydrogen-bond acceptors (Lipinski definition) is 5. The Kier molecular flexibility index (Phi) is 6.71. The Morgan fingerprint density at radius 2 is 2.17 bits per heavy atom. The fourth-order valence-corrected chi connectivity index (χ4v) is 3.06. The van der Waals surface area contributed by atoms with Crippen molar-refractivity contribution >= 4 is 17.5 Å². The van der Waals surface area contributed by atoms with Gasteiger partial charge in [0.25, 0.3) is 5.91 Å². The molecule has 2 rings (SSSR count). The second kappa shape index (κ2) is 8.55. The molecule has 1 aromatic rings. The van der Waals surface area contributed by atoms with Crippen LogP contribution in [0, 0.1) is 5.92 Å². The second-order valence-corrected chi connectivity index (χ2v) is 6.77. The van der Waals surface area contributed by atoms with Crippen molar-refractivity contribution in [2.75, 3.05) is 34.4 Å². The molecule has 1 aliphatic rings. The summed E-state index contributed by atoms with van der Waals surface area (Å²) < 4.78 is 10.6. The van der Waals surface area contributed by atoms with Crippen LogP contribution >= 0.6 is 11.6 Å². The van der Waals surface area contributed by atoms with Crippen LogP contribution in [0.3, 0.4) is 0 Å². The highest BCUT2D eigenvalue weighted by Gasteiger charge is 2.32. The number of carbonyl (C=O) groups is 1. The molecule has 0 saturated heterocycles. The molecule has 1 aliphatic carbocycles. The van der Waals surface area contributed by atoms with Gasteiger partial charge >= 0.3 is 0 Å². The number of ether oxygens (including phenoxy) is 2. The Morgan fingerprint density at radius 1 is 1.46 bits per heavy atom. The Bertz CT molecular complexity index is 574. The van der Waals surface area contributed by atoms with Gasteiger partial charge < -0.3 is 25.4 Å². The maximum atomic E-state index is 10.9. The highest BCUT2D eigenvalue weighted by atomic mass is 35.5. The van der Waals surface area contributed by atoms with Gasteiger partial charge in [-0.15, -0.1) is 0 Å². The number of hydrogen-bond donors (Lipinski definition) is 2. The molecule has 0 spiro atoms. The summed E-state index contributed by atoms with van der Waals surface area (Å²) in [4.78, 5) is 13.1. The molecule has 1 aromatic carbocycles. The van der Waals surface area contributed by atoms with E-state index in [0.717, 1.165) is 18.0 Å². The molecule has 0 bridgehead atoms. The number of likely N-dealkylation sites (N-methyl/N-ethyl adjacent to an activating group) is 1. The monoisotopic (exact) mass is 355 g/mol. The molecule has 1 unspecified atom stereocenters. The summed E-state index contributed by atoms with van der Waals surface area (Å²) in [7, 11) is 5.78. The Labute approximate surface area is 148 Å². The van der Waals surface area contributed by atoms with Gasteiger partial charge in [-0.2, -0.15) is 0 Å². The lowest BCUT2D eigenvalue weighted by atomic mass is 10.1. The highest BCUT2D eigenvalue weighted by molar-refractivity contribution is 6.32. The third-order valence-corrected chi connectivity index (χ3v) is 4.44. The summed E-state index contributed by atoms with van der Waals surface area (Å²) in [6.07, 6.45) is 2.63. The summed E-state index contributed by atoms with van der Waals surface area (Å²) in [6.45, 7) is 1.38. The lowest BCUT2D eigenvalue weighted by Gasteiger charge is -2.24. The maximum absolute atomic E-state index is 10.9. The van der Waals surface area contributed by atoms with Gasteiger partial charge in [0.1, 0.15) is 0 Å². The van der Waals surface area contributed by atoms with Crippen molar-refractivity contribution in [3.63, 3.8) is 0 Å². The Hall–Kier alpha value is -1.50.